The largest absolute Gasteiger partial charge is 0.480 e. The second-order valence-electron chi connectivity index (χ2n) is 7.74. The van der Waals surface area contributed by atoms with Crippen molar-refractivity contribution in [3.8, 4) is 0 Å². The van der Waals surface area contributed by atoms with Gasteiger partial charge in [-0.2, -0.15) is 0 Å². The van der Waals surface area contributed by atoms with Crippen molar-refractivity contribution < 1.29 is 34.2 Å². The summed E-state index contributed by atoms with van der Waals surface area (Å²) in [7, 11) is 0. The van der Waals surface area contributed by atoms with E-state index in [1.165, 1.54) is 6.92 Å². The third-order valence-electron chi connectivity index (χ3n) is 4.98. The van der Waals surface area contributed by atoms with Crippen LogP contribution in [-0.2, 0) is 30.4 Å². The number of hydrogen-bond donors (Lipinski definition) is 8. The highest BCUT2D eigenvalue weighted by Gasteiger charge is 2.30. The standard InChI is InChI=1S/C21H28N6O7/c1-10(28)18(20(32)26-15(21(33)34)7-16(23)29)27-17(30)9-25-19(31)13(22)6-11-8-24-14-5-3-2-4-12(11)14/h2-5,8,10,13,15,18,24,28H,6-7,9,22H2,1H3,(H2,23,29)(H,25,31)(H,26,32)(H,27,30)(H,33,34). The van der Waals surface area contributed by atoms with Crippen LogP contribution in [0.4, 0.5) is 0 Å². The predicted octanol–water partition coefficient (Wildman–Crippen LogP) is -2.54. The number of fused-ring (bicyclic) bond motifs is 1. The molecule has 1 heterocycles. The van der Waals surface area contributed by atoms with Crippen molar-refractivity contribution in [1.29, 1.82) is 0 Å². The number of carbonyl (C=O) groups excluding carboxylic acids is 4. The van der Waals surface area contributed by atoms with Gasteiger partial charge in [-0.3, -0.25) is 19.2 Å². The summed E-state index contributed by atoms with van der Waals surface area (Å²) in [6, 6.07) is 3.37. The number of carbonyl (C=O) groups is 5. The summed E-state index contributed by atoms with van der Waals surface area (Å²) in [5.41, 5.74) is 12.6. The van der Waals surface area contributed by atoms with Gasteiger partial charge < -0.3 is 42.6 Å². The fraction of sp³-hybridized carbons (Fsp3) is 0.381. The van der Waals surface area contributed by atoms with Crippen LogP contribution in [0.5, 0.6) is 0 Å². The Hall–Kier alpha value is -3.97. The number of nitrogens with one attached hydrogen (secondary N) is 4. The van der Waals surface area contributed by atoms with E-state index in [4.69, 9.17) is 16.6 Å². The summed E-state index contributed by atoms with van der Waals surface area (Å²) in [4.78, 5) is 62.1. The molecule has 0 fully saturated rings. The number of aliphatic carboxylic acids is 1. The van der Waals surface area contributed by atoms with E-state index in [1.807, 2.05) is 29.6 Å². The fourth-order valence-electron chi connectivity index (χ4n) is 3.22. The molecule has 0 saturated carbocycles. The number of aliphatic hydroxyl groups is 1. The summed E-state index contributed by atoms with van der Waals surface area (Å²) < 4.78 is 0. The van der Waals surface area contributed by atoms with Gasteiger partial charge in [0.1, 0.15) is 12.1 Å². The highest BCUT2D eigenvalue weighted by atomic mass is 16.4. The van der Waals surface area contributed by atoms with E-state index in [0.717, 1.165) is 16.5 Å². The predicted molar refractivity (Wildman–Crippen MR) is 120 cm³/mol. The second-order valence-corrected chi connectivity index (χ2v) is 7.74. The third-order valence-corrected chi connectivity index (χ3v) is 4.98. The first-order chi connectivity index (χ1) is 16.0. The number of aliphatic hydroxyl groups excluding tert-OH is 1. The van der Waals surface area contributed by atoms with E-state index in [1.54, 1.807) is 6.20 Å². The molecule has 0 radical (unpaired) electrons. The summed E-state index contributed by atoms with van der Waals surface area (Å²) in [5, 5.41) is 26.4. The molecule has 0 saturated heterocycles. The van der Waals surface area contributed by atoms with Gasteiger partial charge in [0, 0.05) is 17.1 Å². The highest BCUT2D eigenvalue weighted by Crippen LogP contribution is 2.18. The maximum atomic E-state index is 12.3. The Morgan fingerprint density at radius 1 is 1.09 bits per heavy atom. The van der Waals surface area contributed by atoms with Gasteiger partial charge in [0.25, 0.3) is 0 Å². The molecule has 1 aromatic carbocycles. The number of carboxylic acids is 1. The average molecular weight is 476 g/mol. The molecule has 10 N–H and O–H groups in total. The van der Waals surface area contributed by atoms with Crippen LogP contribution in [0.25, 0.3) is 10.9 Å². The van der Waals surface area contributed by atoms with Crippen molar-refractivity contribution >= 4 is 40.5 Å². The van der Waals surface area contributed by atoms with E-state index in [-0.39, 0.29) is 6.42 Å². The number of benzene rings is 1. The maximum Gasteiger partial charge on any atom is 0.326 e. The van der Waals surface area contributed by atoms with Crippen LogP contribution in [0.1, 0.15) is 18.9 Å². The molecule has 4 atom stereocenters. The molecule has 2 aromatic rings. The lowest BCUT2D eigenvalue weighted by Crippen LogP contribution is -2.57. The van der Waals surface area contributed by atoms with Crippen LogP contribution < -0.4 is 27.4 Å². The van der Waals surface area contributed by atoms with Gasteiger partial charge in [-0.25, -0.2) is 4.79 Å². The van der Waals surface area contributed by atoms with Crippen molar-refractivity contribution in [2.24, 2.45) is 11.5 Å². The van der Waals surface area contributed by atoms with Gasteiger partial charge >= 0.3 is 5.97 Å². The lowest BCUT2D eigenvalue weighted by molar-refractivity contribution is -0.144. The Labute approximate surface area is 194 Å². The van der Waals surface area contributed by atoms with Crippen LogP contribution in [0.3, 0.4) is 0 Å². The van der Waals surface area contributed by atoms with E-state index in [0.29, 0.717) is 0 Å². The number of hydrogen-bond acceptors (Lipinski definition) is 7. The summed E-state index contributed by atoms with van der Waals surface area (Å²) in [6.07, 6.45) is -0.121. The number of amides is 4. The molecule has 13 nitrogen and oxygen atoms in total. The number of aromatic amines is 1. The average Bonchev–Trinajstić information content (AvgIpc) is 3.17. The number of H-pyrrole nitrogens is 1. The number of aromatic nitrogens is 1. The molecule has 184 valence electrons. The topological polar surface area (TPSA) is 230 Å². The Morgan fingerprint density at radius 3 is 2.38 bits per heavy atom. The zero-order valence-corrected chi connectivity index (χ0v) is 18.4. The molecule has 0 aliphatic carbocycles. The normalized spacial score (nSPS) is 14.4. The zero-order chi connectivity index (χ0) is 25.4. The van der Waals surface area contributed by atoms with Gasteiger partial charge in [0.05, 0.1) is 25.1 Å². The third kappa shape index (κ3) is 7.28. The molecule has 4 amide bonds. The number of carboxylic acid groups (broad SMARTS) is 1. The first kappa shape index (κ1) is 26.3. The fourth-order valence-corrected chi connectivity index (χ4v) is 3.22. The molecule has 2 rings (SSSR count). The summed E-state index contributed by atoms with van der Waals surface area (Å²) in [6.45, 7) is 0.657. The minimum absolute atomic E-state index is 0.215. The minimum Gasteiger partial charge on any atom is -0.480 e. The van der Waals surface area contributed by atoms with Crippen molar-refractivity contribution in [2.75, 3.05) is 6.54 Å². The Morgan fingerprint density at radius 2 is 1.76 bits per heavy atom. The van der Waals surface area contributed by atoms with E-state index < -0.39 is 66.8 Å². The highest BCUT2D eigenvalue weighted by molar-refractivity contribution is 5.94. The van der Waals surface area contributed by atoms with Crippen LogP contribution in [0.2, 0.25) is 0 Å². The van der Waals surface area contributed by atoms with Crippen molar-refractivity contribution in [3.63, 3.8) is 0 Å². The number of primary amides is 1. The molecule has 34 heavy (non-hydrogen) atoms. The molecule has 4 unspecified atom stereocenters. The SMILES string of the molecule is CC(O)C(NC(=O)CNC(=O)C(N)Cc1c[nH]c2ccccc12)C(=O)NC(CC(N)=O)C(=O)O. The number of rotatable bonds is 12. The molecule has 0 spiro atoms. The number of para-hydroxylation sites is 1. The lowest BCUT2D eigenvalue weighted by atomic mass is 10.1. The Kier molecular flexibility index (Phi) is 9.10. The number of nitrogens with two attached hydrogens (primary N) is 2. The monoisotopic (exact) mass is 476 g/mol. The van der Waals surface area contributed by atoms with Crippen LogP contribution in [-0.4, -0.2) is 75.6 Å². The molecule has 0 aliphatic heterocycles. The van der Waals surface area contributed by atoms with E-state index in [2.05, 4.69) is 15.6 Å². The first-order valence-corrected chi connectivity index (χ1v) is 10.4. The smallest absolute Gasteiger partial charge is 0.326 e. The first-order valence-electron chi connectivity index (χ1n) is 10.4. The van der Waals surface area contributed by atoms with Gasteiger partial charge in [0.15, 0.2) is 0 Å². The van der Waals surface area contributed by atoms with Crippen molar-refractivity contribution in [2.45, 2.75) is 44.0 Å². The second kappa shape index (κ2) is 11.8. The molecule has 0 bridgehead atoms. The van der Waals surface area contributed by atoms with Crippen molar-refractivity contribution in [1.82, 2.24) is 20.9 Å². The zero-order valence-electron chi connectivity index (χ0n) is 18.4. The minimum atomic E-state index is -1.63. The Bertz CT molecular complexity index is 1070. The van der Waals surface area contributed by atoms with Gasteiger partial charge in [0.2, 0.25) is 23.6 Å². The van der Waals surface area contributed by atoms with E-state index in [9.17, 15) is 29.1 Å². The van der Waals surface area contributed by atoms with E-state index >= 15 is 0 Å². The van der Waals surface area contributed by atoms with Gasteiger partial charge in [-0.15, -0.1) is 0 Å². The molecule has 0 aliphatic rings. The van der Waals surface area contributed by atoms with Crippen LogP contribution in [0, 0.1) is 0 Å². The Balaban J connectivity index is 1.90. The van der Waals surface area contributed by atoms with Crippen LogP contribution >= 0.6 is 0 Å². The molecular weight excluding hydrogens is 448 g/mol. The van der Waals surface area contributed by atoms with Gasteiger partial charge in [-0.1, -0.05) is 18.2 Å². The van der Waals surface area contributed by atoms with Gasteiger partial charge in [-0.05, 0) is 25.0 Å². The lowest BCUT2D eigenvalue weighted by Gasteiger charge is -2.23. The summed E-state index contributed by atoms with van der Waals surface area (Å²) >= 11 is 0. The van der Waals surface area contributed by atoms with Crippen molar-refractivity contribution in [3.05, 3.63) is 36.0 Å². The maximum absolute atomic E-state index is 12.3. The van der Waals surface area contributed by atoms with Crippen LogP contribution in [0.15, 0.2) is 30.5 Å². The molecule has 13 heteroatoms. The molecule has 1 aromatic heterocycles. The summed E-state index contributed by atoms with van der Waals surface area (Å²) in [5.74, 6) is -4.95. The quantitative estimate of drug-likeness (QED) is 0.162. The molecular formula is C21H28N6O7.